The molecule has 0 saturated carbocycles. The Labute approximate surface area is 223 Å². The molecule has 3 aromatic rings. The monoisotopic (exact) mass is 524 g/mol. The molecule has 0 unspecified atom stereocenters. The average molecular weight is 525 g/mol. The highest BCUT2D eigenvalue weighted by Gasteiger charge is 2.30. The number of hydrogen-bond donors (Lipinski definition) is 1. The predicted molar refractivity (Wildman–Crippen MR) is 148 cm³/mol. The Morgan fingerprint density at radius 1 is 0.972 bits per heavy atom. The summed E-state index contributed by atoms with van der Waals surface area (Å²) < 4.78 is 5.38. The van der Waals surface area contributed by atoms with Gasteiger partial charge in [-0.1, -0.05) is 67.9 Å². The maximum absolute atomic E-state index is 13.7. The average Bonchev–Trinajstić information content (AvgIpc) is 2.89. The van der Waals surface area contributed by atoms with Crippen molar-refractivity contribution in [2.75, 3.05) is 19.4 Å². The minimum atomic E-state index is -0.657. The number of nitrogens with zero attached hydrogens (tertiary/aromatic N) is 1. The van der Waals surface area contributed by atoms with Crippen molar-refractivity contribution in [1.82, 2.24) is 10.2 Å². The molecular formula is C29H33ClN2O3S. The minimum absolute atomic E-state index is 0.113. The molecule has 0 aliphatic carbocycles. The quantitative estimate of drug-likeness (QED) is 0.302. The fourth-order valence-electron chi connectivity index (χ4n) is 3.70. The van der Waals surface area contributed by atoms with E-state index in [1.807, 2.05) is 66.7 Å². The number of carbonyl (C=O) groups excluding carboxylic acids is 2. The molecule has 0 heterocycles. The summed E-state index contributed by atoms with van der Waals surface area (Å²) in [6, 6.07) is 24.2. The van der Waals surface area contributed by atoms with Crippen molar-refractivity contribution in [3.8, 4) is 5.75 Å². The Kier molecular flexibility index (Phi) is 10.7. The van der Waals surface area contributed by atoms with Gasteiger partial charge in [-0.3, -0.25) is 9.59 Å². The summed E-state index contributed by atoms with van der Waals surface area (Å²) in [5, 5.41) is 3.70. The van der Waals surface area contributed by atoms with E-state index in [0.717, 1.165) is 16.0 Å². The number of ether oxygens (including phenoxy) is 1. The maximum atomic E-state index is 13.7. The van der Waals surface area contributed by atoms with Gasteiger partial charge >= 0.3 is 0 Å². The third-order valence-corrected chi connectivity index (χ3v) is 6.87. The first-order chi connectivity index (χ1) is 17.4. The molecule has 190 valence electrons. The van der Waals surface area contributed by atoms with Crippen LogP contribution in [0.1, 0.15) is 25.0 Å². The van der Waals surface area contributed by atoms with Gasteiger partial charge in [-0.05, 0) is 53.4 Å². The van der Waals surface area contributed by atoms with E-state index in [4.69, 9.17) is 16.3 Å². The smallest absolute Gasteiger partial charge is 0.243 e. The third kappa shape index (κ3) is 8.61. The number of halogens is 1. The van der Waals surface area contributed by atoms with Gasteiger partial charge in [-0.15, -0.1) is 11.8 Å². The van der Waals surface area contributed by atoms with Crippen LogP contribution in [-0.2, 0) is 22.6 Å². The van der Waals surface area contributed by atoms with E-state index in [9.17, 15) is 9.59 Å². The SMILES string of the molecule is COc1cccc(CN(C(=O)CSc2ccc(Cl)cc2)[C@H](Cc2ccccc2)C(=O)NCC(C)C)c1. The number of rotatable bonds is 12. The molecule has 0 aliphatic heterocycles. The van der Waals surface area contributed by atoms with Gasteiger partial charge in [0, 0.05) is 29.4 Å². The van der Waals surface area contributed by atoms with Gasteiger partial charge in [0.15, 0.2) is 0 Å². The third-order valence-electron chi connectivity index (χ3n) is 5.62. The van der Waals surface area contributed by atoms with E-state index in [-0.39, 0.29) is 17.6 Å². The minimum Gasteiger partial charge on any atom is -0.497 e. The predicted octanol–water partition coefficient (Wildman–Crippen LogP) is 5.85. The molecular weight excluding hydrogens is 492 g/mol. The normalized spacial score (nSPS) is 11.7. The lowest BCUT2D eigenvalue weighted by molar-refractivity contribution is -0.139. The fourth-order valence-corrected chi connectivity index (χ4v) is 4.61. The van der Waals surface area contributed by atoms with E-state index in [1.165, 1.54) is 11.8 Å². The molecule has 3 rings (SSSR count). The first kappa shape index (κ1) is 27.6. The van der Waals surface area contributed by atoms with Gasteiger partial charge in [-0.25, -0.2) is 0 Å². The second-order valence-electron chi connectivity index (χ2n) is 8.96. The van der Waals surface area contributed by atoms with Gasteiger partial charge in [0.1, 0.15) is 11.8 Å². The van der Waals surface area contributed by atoms with Crippen LogP contribution < -0.4 is 10.1 Å². The van der Waals surface area contributed by atoms with E-state index >= 15 is 0 Å². The summed E-state index contributed by atoms with van der Waals surface area (Å²) in [5.41, 5.74) is 1.89. The molecule has 0 radical (unpaired) electrons. The number of carbonyl (C=O) groups is 2. The van der Waals surface area contributed by atoms with E-state index in [0.29, 0.717) is 36.2 Å². The number of hydrogen-bond acceptors (Lipinski definition) is 4. The lowest BCUT2D eigenvalue weighted by Gasteiger charge is -2.32. The Hall–Kier alpha value is -2.96. The Balaban J connectivity index is 1.90. The summed E-state index contributed by atoms with van der Waals surface area (Å²) >= 11 is 7.44. The molecule has 0 aliphatic rings. The van der Waals surface area contributed by atoms with Crippen LogP contribution in [0.5, 0.6) is 5.75 Å². The maximum Gasteiger partial charge on any atom is 0.243 e. The van der Waals surface area contributed by atoms with Crippen LogP contribution in [0, 0.1) is 5.92 Å². The van der Waals surface area contributed by atoms with Crippen molar-refractivity contribution >= 4 is 35.2 Å². The van der Waals surface area contributed by atoms with E-state index in [1.54, 1.807) is 24.1 Å². The van der Waals surface area contributed by atoms with Crippen molar-refractivity contribution < 1.29 is 14.3 Å². The molecule has 7 heteroatoms. The first-order valence-electron chi connectivity index (χ1n) is 12.0. The van der Waals surface area contributed by atoms with Crippen LogP contribution >= 0.6 is 23.4 Å². The second kappa shape index (κ2) is 14.0. The van der Waals surface area contributed by atoms with Crippen LogP contribution in [0.2, 0.25) is 5.02 Å². The summed E-state index contributed by atoms with van der Waals surface area (Å²) in [7, 11) is 1.61. The number of amides is 2. The topological polar surface area (TPSA) is 58.6 Å². The zero-order valence-corrected chi connectivity index (χ0v) is 22.5. The summed E-state index contributed by atoms with van der Waals surface area (Å²) in [6.45, 7) is 4.94. The largest absolute Gasteiger partial charge is 0.497 e. The molecule has 3 aromatic carbocycles. The molecule has 0 bridgehead atoms. The lowest BCUT2D eigenvalue weighted by Crippen LogP contribution is -2.51. The molecule has 0 spiro atoms. The highest BCUT2D eigenvalue weighted by atomic mass is 35.5. The second-order valence-corrected chi connectivity index (χ2v) is 10.4. The van der Waals surface area contributed by atoms with Crippen LogP contribution in [0.25, 0.3) is 0 Å². The molecule has 5 nitrogen and oxygen atoms in total. The Bertz CT molecular complexity index is 1120. The van der Waals surface area contributed by atoms with Crippen molar-refractivity contribution in [1.29, 1.82) is 0 Å². The zero-order chi connectivity index (χ0) is 25.9. The standard InChI is InChI=1S/C29H33ClN2O3S/c1-21(2)18-31-29(34)27(17-22-8-5-4-6-9-22)32(19-23-10-7-11-25(16-23)35-3)28(33)20-36-26-14-12-24(30)13-15-26/h4-16,21,27H,17-20H2,1-3H3,(H,31,34)/t27-/m1/s1. The summed E-state index contributed by atoms with van der Waals surface area (Å²) in [6.07, 6.45) is 0.423. The highest BCUT2D eigenvalue weighted by molar-refractivity contribution is 8.00. The van der Waals surface area contributed by atoms with E-state index in [2.05, 4.69) is 19.2 Å². The zero-order valence-electron chi connectivity index (χ0n) is 20.9. The van der Waals surface area contributed by atoms with Crippen LogP contribution in [0.3, 0.4) is 0 Å². The highest BCUT2D eigenvalue weighted by Crippen LogP contribution is 2.23. The molecule has 0 fully saturated rings. The van der Waals surface area contributed by atoms with Crippen LogP contribution in [-0.4, -0.2) is 42.2 Å². The van der Waals surface area contributed by atoms with Gasteiger partial charge in [0.05, 0.1) is 12.9 Å². The van der Waals surface area contributed by atoms with Gasteiger partial charge in [0.25, 0.3) is 0 Å². The van der Waals surface area contributed by atoms with E-state index < -0.39 is 6.04 Å². The molecule has 1 atom stereocenters. The summed E-state index contributed by atoms with van der Waals surface area (Å²) in [4.78, 5) is 29.8. The van der Waals surface area contributed by atoms with Crippen molar-refractivity contribution in [2.24, 2.45) is 5.92 Å². The Morgan fingerprint density at radius 3 is 2.33 bits per heavy atom. The molecule has 1 N–H and O–H groups in total. The van der Waals surface area contributed by atoms with Crippen molar-refractivity contribution in [3.63, 3.8) is 0 Å². The fraction of sp³-hybridized carbons (Fsp3) is 0.310. The molecule has 36 heavy (non-hydrogen) atoms. The number of benzene rings is 3. The van der Waals surface area contributed by atoms with Gasteiger partial charge < -0.3 is 15.0 Å². The molecule has 0 saturated heterocycles. The number of nitrogens with one attached hydrogen (secondary N) is 1. The number of methoxy groups -OCH3 is 1. The van der Waals surface area contributed by atoms with Gasteiger partial charge in [-0.2, -0.15) is 0 Å². The number of thioether (sulfide) groups is 1. The van der Waals surface area contributed by atoms with Crippen molar-refractivity contribution in [3.05, 3.63) is 95.0 Å². The molecule has 2 amide bonds. The van der Waals surface area contributed by atoms with Crippen molar-refractivity contribution in [2.45, 2.75) is 37.8 Å². The van der Waals surface area contributed by atoms with Gasteiger partial charge in [0.2, 0.25) is 11.8 Å². The van der Waals surface area contributed by atoms with Crippen LogP contribution in [0.15, 0.2) is 83.8 Å². The Morgan fingerprint density at radius 2 is 1.67 bits per heavy atom. The molecule has 0 aromatic heterocycles. The van der Waals surface area contributed by atoms with Crippen LogP contribution in [0.4, 0.5) is 0 Å². The lowest BCUT2D eigenvalue weighted by atomic mass is 10.0. The summed E-state index contributed by atoms with van der Waals surface area (Å²) in [5.74, 6) is 0.946. The first-order valence-corrected chi connectivity index (χ1v) is 13.3.